The van der Waals surface area contributed by atoms with Gasteiger partial charge in [0.1, 0.15) is 5.82 Å². The molecule has 0 heterocycles. The molecule has 2 aromatic rings. The molecule has 2 N–H and O–H groups in total. The zero-order chi connectivity index (χ0) is 17.2. The SMILES string of the molecule is CCC(O)(C(=O)NCc1cc(C2CC2)ccc1F)c1ccccc1. The fourth-order valence-corrected chi connectivity index (χ4v) is 2.93. The van der Waals surface area contributed by atoms with Crippen LogP contribution in [0.1, 0.15) is 48.8 Å². The quantitative estimate of drug-likeness (QED) is 0.851. The average molecular weight is 327 g/mol. The summed E-state index contributed by atoms with van der Waals surface area (Å²) in [5, 5.41) is 13.4. The molecule has 0 bridgehead atoms. The van der Waals surface area contributed by atoms with Crippen LogP contribution in [0.4, 0.5) is 4.39 Å². The lowest BCUT2D eigenvalue weighted by Gasteiger charge is -2.26. The molecule has 0 spiro atoms. The van der Waals surface area contributed by atoms with Crippen LogP contribution < -0.4 is 5.32 Å². The van der Waals surface area contributed by atoms with Crippen LogP contribution in [0, 0.1) is 5.82 Å². The van der Waals surface area contributed by atoms with Gasteiger partial charge in [-0.1, -0.05) is 49.4 Å². The number of rotatable bonds is 6. The second-order valence-corrected chi connectivity index (χ2v) is 6.39. The van der Waals surface area contributed by atoms with Crippen molar-refractivity contribution < 1.29 is 14.3 Å². The summed E-state index contributed by atoms with van der Waals surface area (Å²) in [5.74, 6) is -0.316. The summed E-state index contributed by atoms with van der Waals surface area (Å²) in [4.78, 5) is 12.5. The lowest BCUT2D eigenvalue weighted by Crippen LogP contribution is -2.43. The first kappa shape index (κ1) is 16.7. The van der Waals surface area contributed by atoms with Gasteiger partial charge in [-0.15, -0.1) is 0 Å². The normalized spacial score (nSPS) is 16.5. The van der Waals surface area contributed by atoms with E-state index in [1.165, 1.54) is 6.07 Å². The van der Waals surface area contributed by atoms with Crippen LogP contribution in [0.25, 0.3) is 0 Å². The minimum Gasteiger partial charge on any atom is -0.375 e. The van der Waals surface area contributed by atoms with Gasteiger partial charge in [0.05, 0.1) is 0 Å². The van der Waals surface area contributed by atoms with E-state index in [2.05, 4.69) is 5.32 Å². The third-order valence-corrected chi connectivity index (χ3v) is 4.70. The first-order chi connectivity index (χ1) is 11.5. The Kier molecular flexibility index (Phi) is 4.67. The molecule has 1 fully saturated rings. The fraction of sp³-hybridized carbons (Fsp3) is 0.350. The van der Waals surface area contributed by atoms with Crippen molar-refractivity contribution in [1.29, 1.82) is 0 Å². The molecular formula is C20H22FNO2. The molecule has 3 nitrogen and oxygen atoms in total. The van der Waals surface area contributed by atoms with Gasteiger partial charge in [-0.2, -0.15) is 0 Å². The van der Waals surface area contributed by atoms with Gasteiger partial charge in [0.2, 0.25) is 0 Å². The van der Waals surface area contributed by atoms with Gasteiger partial charge in [0, 0.05) is 12.1 Å². The Hall–Kier alpha value is -2.20. The van der Waals surface area contributed by atoms with Crippen molar-refractivity contribution >= 4 is 5.91 Å². The van der Waals surface area contributed by atoms with Crippen molar-refractivity contribution in [2.45, 2.75) is 44.2 Å². The molecule has 3 rings (SSSR count). The van der Waals surface area contributed by atoms with E-state index in [1.54, 1.807) is 31.2 Å². The third kappa shape index (κ3) is 3.34. The van der Waals surface area contributed by atoms with Crippen LogP contribution in [-0.4, -0.2) is 11.0 Å². The van der Waals surface area contributed by atoms with Crippen molar-refractivity contribution in [2.75, 3.05) is 0 Å². The van der Waals surface area contributed by atoms with Crippen LogP contribution >= 0.6 is 0 Å². The van der Waals surface area contributed by atoms with E-state index in [-0.39, 0.29) is 18.8 Å². The number of amides is 1. The Bertz CT molecular complexity index is 728. The topological polar surface area (TPSA) is 49.3 Å². The molecule has 0 aromatic heterocycles. The van der Waals surface area contributed by atoms with Crippen molar-refractivity contribution in [2.24, 2.45) is 0 Å². The highest BCUT2D eigenvalue weighted by molar-refractivity contribution is 5.86. The van der Waals surface area contributed by atoms with E-state index in [4.69, 9.17) is 0 Å². The molecule has 1 atom stereocenters. The summed E-state index contributed by atoms with van der Waals surface area (Å²) in [7, 11) is 0. The molecule has 0 radical (unpaired) electrons. The smallest absolute Gasteiger partial charge is 0.256 e. The van der Waals surface area contributed by atoms with Crippen molar-refractivity contribution in [1.82, 2.24) is 5.32 Å². The maximum Gasteiger partial charge on any atom is 0.256 e. The van der Waals surface area contributed by atoms with E-state index in [9.17, 15) is 14.3 Å². The summed E-state index contributed by atoms with van der Waals surface area (Å²) in [5.41, 5.74) is 0.511. The molecule has 2 aromatic carbocycles. The predicted molar refractivity (Wildman–Crippen MR) is 90.9 cm³/mol. The molecule has 1 aliphatic rings. The maximum atomic E-state index is 14.0. The van der Waals surface area contributed by atoms with E-state index in [1.807, 2.05) is 18.2 Å². The Balaban J connectivity index is 1.74. The van der Waals surface area contributed by atoms with E-state index >= 15 is 0 Å². The number of hydrogen-bond acceptors (Lipinski definition) is 2. The van der Waals surface area contributed by atoms with Gasteiger partial charge in [0.15, 0.2) is 5.60 Å². The van der Waals surface area contributed by atoms with E-state index in [0.717, 1.165) is 18.4 Å². The Morgan fingerprint density at radius 2 is 1.96 bits per heavy atom. The number of aliphatic hydroxyl groups is 1. The number of nitrogens with one attached hydrogen (secondary N) is 1. The summed E-state index contributed by atoms with van der Waals surface area (Å²) in [6.45, 7) is 1.82. The molecule has 0 aliphatic heterocycles. The zero-order valence-electron chi connectivity index (χ0n) is 13.8. The van der Waals surface area contributed by atoms with Gasteiger partial charge in [-0.3, -0.25) is 4.79 Å². The lowest BCUT2D eigenvalue weighted by molar-refractivity contribution is -0.141. The van der Waals surface area contributed by atoms with Crippen molar-refractivity contribution in [3.05, 3.63) is 71.0 Å². The van der Waals surface area contributed by atoms with Crippen LogP contribution in [0.2, 0.25) is 0 Å². The van der Waals surface area contributed by atoms with Gasteiger partial charge >= 0.3 is 0 Å². The van der Waals surface area contributed by atoms with Crippen molar-refractivity contribution in [3.63, 3.8) is 0 Å². The zero-order valence-corrected chi connectivity index (χ0v) is 13.8. The maximum absolute atomic E-state index is 14.0. The minimum atomic E-state index is -1.61. The van der Waals surface area contributed by atoms with Crippen molar-refractivity contribution in [3.8, 4) is 0 Å². The summed E-state index contributed by atoms with van der Waals surface area (Å²) in [6, 6.07) is 13.9. The highest BCUT2D eigenvalue weighted by atomic mass is 19.1. The van der Waals surface area contributed by atoms with Crippen LogP contribution in [0.3, 0.4) is 0 Å². The number of halogens is 1. The summed E-state index contributed by atoms with van der Waals surface area (Å²) < 4.78 is 14.0. The van der Waals surface area contributed by atoms with Gasteiger partial charge in [-0.25, -0.2) is 4.39 Å². The van der Waals surface area contributed by atoms with Gasteiger partial charge in [-0.05, 0) is 42.4 Å². The van der Waals surface area contributed by atoms with Crippen LogP contribution in [0.5, 0.6) is 0 Å². The summed E-state index contributed by atoms with van der Waals surface area (Å²) >= 11 is 0. The highest BCUT2D eigenvalue weighted by Crippen LogP contribution is 2.40. The van der Waals surface area contributed by atoms with E-state index < -0.39 is 11.5 Å². The predicted octanol–water partition coefficient (Wildman–Crippen LogP) is 3.62. The number of carbonyl (C=O) groups excluding carboxylic acids is 1. The molecule has 1 aliphatic carbocycles. The Morgan fingerprint density at radius 3 is 2.58 bits per heavy atom. The molecule has 1 saturated carbocycles. The van der Waals surface area contributed by atoms with Gasteiger partial charge < -0.3 is 10.4 Å². The third-order valence-electron chi connectivity index (χ3n) is 4.70. The molecule has 24 heavy (non-hydrogen) atoms. The summed E-state index contributed by atoms with van der Waals surface area (Å²) in [6.07, 6.45) is 2.52. The monoisotopic (exact) mass is 327 g/mol. The Morgan fingerprint density at radius 1 is 1.25 bits per heavy atom. The Labute approximate surface area is 141 Å². The fourth-order valence-electron chi connectivity index (χ4n) is 2.93. The van der Waals surface area contributed by atoms with Crippen LogP contribution in [0.15, 0.2) is 48.5 Å². The van der Waals surface area contributed by atoms with Gasteiger partial charge in [0.25, 0.3) is 5.91 Å². The highest BCUT2D eigenvalue weighted by Gasteiger charge is 2.35. The molecule has 1 unspecified atom stereocenters. The van der Waals surface area contributed by atoms with Crippen LogP contribution in [-0.2, 0) is 16.9 Å². The number of benzene rings is 2. The molecule has 126 valence electrons. The first-order valence-corrected chi connectivity index (χ1v) is 8.39. The second kappa shape index (κ2) is 6.73. The molecule has 4 heteroatoms. The second-order valence-electron chi connectivity index (χ2n) is 6.39. The molecule has 1 amide bonds. The lowest BCUT2D eigenvalue weighted by atomic mass is 9.90. The minimum absolute atomic E-state index is 0.0698. The molecular weight excluding hydrogens is 305 g/mol. The number of carbonyl (C=O) groups is 1. The standard InChI is InChI=1S/C20H22FNO2/c1-2-20(24,17-6-4-3-5-7-17)19(23)22-13-16-12-15(14-8-9-14)10-11-18(16)21/h3-7,10-12,14,24H,2,8-9,13H2,1H3,(H,22,23). The van der Waals surface area contributed by atoms with E-state index in [0.29, 0.717) is 17.0 Å². The largest absolute Gasteiger partial charge is 0.375 e. The first-order valence-electron chi connectivity index (χ1n) is 8.39. The molecule has 0 saturated heterocycles. The number of hydrogen-bond donors (Lipinski definition) is 2. The average Bonchev–Trinajstić information content (AvgIpc) is 3.46.